The first-order valence-electron chi connectivity index (χ1n) is 7.00. The summed E-state index contributed by atoms with van der Waals surface area (Å²) in [5.41, 5.74) is 6.83. The molecule has 0 radical (unpaired) electrons. The average Bonchev–Trinajstić information content (AvgIpc) is 2.46. The highest BCUT2D eigenvalue weighted by Crippen LogP contribution is 2.24. The molecule has 1 fully saturated rings. The van der Waals surface area contributed by atoms with Crippen molar-refractivity contribution < 1.29 is 9.13 Å². The first-order chi connectivity index (χ1) is 9.24. The summed E-state index contributed by atoms with van der Waals surface area (Å²) in [6, 6.07) is 5.16. The van der Waals surface area contributed by atoms with E-state index >= 15 is 0 Å². The topological polar surface area (TPSA) is 38.5 Å². The zero-order valence-corrected chi connectivity index (χ0v) is 11.6. The van der Waals surface area contributed by atoms with Gasteiger partial charge in [0, 0.05) is 19.0 Å². The fourth-order valence-corrected chi connectivity index (χ4v) is 2.71. The maximum Gasteiger partial charge on any atom is 0.165 e. The maximum atomic E-state index is 13.7. The van der Waals surface area contributed by atoms with Crippen LogP contribution in [0.1, 0.15) is 30.7 Å². The molecular formula is C15H23FN2O. The lowest BCUT2D eigenvalue weighted by molar-refractivity contribution is 0.216. The molecule has 1 saturated heterocycles. The van der Waals surface area contributed by atoms with Crippen molar-refractivity contribution in [3.8, 4) is 5.75 Å². The zero-order chi connectivity index (χ0) is 13.7. The highest BCUT2D eigenvalue weighted by molar-refractivity contribution is 5.31. The maximum absolute atomic E-state index is 13.7. The van der Waals surface area contributed by atoms with Crippen LogP contribution in [0.3, 0.4) is 0 Å². The first-order valence-corrected chi connectivity index (χ1v) is 7.00. The van der Waals surface area contributed by atoms with Gasteiger partial charge in [-0.15, -0.1) is 0 Å². The van der Waals surface area contributed by atoms with Gasteiger partial charge in [-0.1, -0.05) is 12.5 Å². The largest absolute Gasteiger partial charge is 0.494 e. The summed E-state index contributed by atoms with van der Waals surface area (Å²) in [6.07, 6.45) is 3.84. The quantitative estimate of drug-likeness (QED) is 0.889. The molecular weight excluding hydrogens is 243 g/mol. The third kappa shape index (κ3) is 3.67. The molecule has 0 aliphatic carbocycles. The molecule has 2 N–H and O–H groups in total. The number of hydrogen-bond donors (Lipinski definition) is 1. The Morgan fingerprint density at radius 3 is 2.63 bits per heavy atom. The van der Waals surface area contributed by atoms with E-state index in [4.69, 9.17) is 10.5 Å². The van der Waals surface area contributed by atoms with Gasteiger partial charge >= 0.3 is 0 Å². The van der Waals surface area contributed by atoms with Crippen LogP contribution in [0.15, 0.2) is 18.2 Å². The van der Waals surface area contributed by atoms with Crippen LogP contribution < -0.4 is 10.5 Å². The second kappa shape index (κ2) is 6.87. The fraction of sp³-hybridized carbons (Fsp3) is 0.600. The minimum absolute atomic E-state index is 0.193. The number of nitrogens with two attached hydrogens (primary N) is 1. The molecule has 0 amide bonds. The van der Waals surface area contributed by atoms with Crippen LogP contribution in [0.25, 0.3) is 0 Å². The second-order valence-corrected chi connectivity index (χ2v) is 5.19. The summed E-state index contributed by atoms with van der Waals surface area (Å²) < 4.78 is 18.7. The van der Waals surface area contributed by atoms with E-state index in [2.05, 4.69) is 4.90 Å². The van der Waals surface area contributed by atoms with Crippen molar-refractivity contribution in [2.45, 2.75) is 25.2 Å². The average molecular weight is 266 g/mol. The summed E-state index contributed by atoms with van der Waals surface area (Å²) in [5, 5.41) is 0. The van der Waals surface area contributed by atoms with Crippen LogP contribution in [-0.2, 0) is 0 Å². The van der Waals surface area contributed by atoms with Crippen molar-refractivity contribution in [2.75, 3.05) is 33.3 Å². The van der Waals surface area contributed by atoms with Crippen molar-refractivity contribution in [1.82, 2.24) is 4.90 Å². The summed E-state index contributed by atoms with van der Waals surface area (Å²) in [5.74, 6) is 0.174. The molecule has 1 atom stereocenters. The Hall–Kier alpha value is -1.13. The van der Waals surface area contributed by atoms with Crippen LogP contribution in [0, 0.1) is 5.82 Å². The lowest BCUT2D eigenvalue weighted by Gasteiger charge is -2.30. The number of halogens is 1. The predicted molar refractivity (Wildman–Crippen MR) is 75.0 cm³/mol. The van der Waals surface area contributed by atoms with Gasteiger partial charge in [-0.25, -0.2) is 4.39 Å². The molecule has 1 aliphatic rings. The molecule has 1 aromatic rings. The van der Waals surface area contributed by atoms with E-state index in [0.29, 0.717) is 6.54 Å². The van der Waals surface area contributed by atoms with Crippen molar-refractivity contribution in [1.29, 1.82) is 0 Å². The highest BCUT2D eigenvalue weighted by Gasteiger charge is 2.18. The van der Waals surface area contributed by atoms with E-state index in [1.807, 2.05) is 6.07 Å². The number of rotatable bonds is 5. The molecule has 0 saturated carbocycles. The molecule has 1 aromatic carbocycles. The number of likely N-dealkylation sites (tertiary alicyclic amines) is 1. The van der Waals surface area contributed by atoms with Crippen molar-refractivity contribution in [3.05, 3.63) is 29.6 Å². The Morgan fingerprint density at radius 1 is 1.32 bits per heavy atom. The van der Waals surface area contributed by atoms with Gasteiger partial charge in [0.25, 0.3) is 0 Å². The van der Waals surface area contributed by atoms with Gasteiger partial charge in [-0.2, -0.15) is 0 Å². The van der Waals surface area contributed by atoms with Gasteiger partial charge < -0.3 is 15.4 Å². The van der Waals surface area contributed by atoms with Gasteiger partial charge in [0.1, 0.15) is 0 Å². The molecule has 0 bridgehead atoms. The van der Waals surface area contributed by atoms with E-state index < -0.39 is 0 Å². The molecule has 0 aromatic heterocycles. The molecule has 1 aliphatic heterocycles. The van der Waals surface area contributed by atoms with Crippen molar-refractivity contribution in [2.24, 2.45) is 5.73 Å². The van der Waals surface area contributed by atoms with Crippen LogP contribution in [0.5, 0.6) is 5.75 Å². The van der Waals surface area contributed by atoms with E-state index in [1.165, 1.54) is 26.4 Å². The smallest absolute Gasteiger partial charge is 0.165 e. The molecule has 2 rings (SSSR count). The summed E-state index contributed by atoms with van der Waals surface area (Å²) >= 11 is 0. The van der Waals surface area contributed by atoms with Crippen LogP contribution >= 0.6 is 0 Å². The van der Waals surface area contributed by atoms with Crippen molar-refractivity contribution >= 4 is 0 Å². The van der Waals surface area contributed by atoms with Gasteiger partial charge in [-0.05, 0) is 43.6 Å². The lowest BCUT2D eigenvalue weighted by Crippen LogP contribution is -2.35. The van der Waals surface area contributed by atoms with E-state index in [0.717, 1.165) is 25.2 Å². The van der Waals surface area contributed by atoms with Gasteiger partial charge in [0.15, 0.2) is 11.6 Å². The monoisotopic (exact) mass is 266 g/mol. The van der Waals surface area contributed by atoms with E-state index in [-0.39, 0.29) is 17.5 Å². The Balaban J connectivity index is 2.05. The second-order valence-electron chi connectivity index (χ2n) is 5.19. The SMILES string of the molecule is COc1ccc(C(CN)CN2CCCCC2)cc1F. The third-order valence-electron chi connectivity index (χ3n) is 3.86. The molecule has 1 heterocycles. The Kier molecular flexibility index (Phi) is 5.16. The molecule has 1 unspecified atom stereocenters. The van der Waals surface area contributed by atoms with Gasteiger partial charge in [-0.3, -0.25) is 0 Å². The molecule has 4 heteroatoms. The highest BCUT2D eigenvalue weighted by atomic mass is 19.1. The molecule has 19 heavy (non-hydrogen) atoms. The van der Waals surface area contributed by atoms with Crippen LogP contribution in [0.2, 0.25) is 0 Å². The molecule has 3 nitrogen and oxygen atoms in total. The minimum Gasteiger partial charge on any atom is -0.494 e. The third-order valence-corrected chi connectivity index (χ3v) is 3.86. The standard InChI is InChI=1S/C15H23FN2O/c1-19-15-6-5-12(9-14(15)16)13(10-17)11-18-7-3-2-4-8-18/h5-6,9,13H,2-4,7-8,10-11,17H2,1H3. The first kappa shape index (κ1) is 14.3. The normalized spacial score (nSPS) is 18.3. The Labute approximate surface area is 114 Å². The molecule has 0 spiro atoms. The predicted octanol–water partition coefficient (Wildman–Crippen LogP) is 2.36. The van der Waals surface area contributed by atoms with Crippen LogP contribution in [0.4, 0.5) is 4.39 Å². The van der Waals surface area contributed by atoms with E-state index in [1.54, 1.807) is 12.1 Å². The van der Waals surface area contributed by atoms with Crippen LogP contribution in [-0.4, -0.2) is 38.2 Å². The summed E-state index contributed by atoms with van der Waals surface area (Å²) in [7, 11) is 1.48. The number of methoxy groups -OCH3 is 1. The fourth-order valence-electron chi connectivity index (χ4n) is 2.71. The number of benzene rings is 1. The summed E-state index contributed by atoms with van der Waals surface area (Å²) in [4.78, 5) is 2.43. The zero-order valence-electron chi connectivity index (χ0n) is 11.6. The van der Waals surface area contributed by atoms with E-state index in [9.17, 15) is 4.39 Å². The van der Waals surface area contributed by atoms with Crippen molar-refractivity contribution in [3.63, 3.8) is 0 Å². The minimum atomic E-state index is -0.308. The van der Waals surface area contributed by atoms with Gasteiger partial charge in [0.05, 0.1) is 7.11 Å². The number of ether oxygens (including phenoxy) is 1. The molecule has 106 valence electrons. The summed E-state index contributed by atoms with van der Waals surface area (Å²) in [6.45, 7) is 3.73. The Morgan fingerprint density at radius 2 is 2.05 bits per heavy atom. The number of piperidine rings is 1. The lowest BCUT2D eigenvalue weighted by atomic mass is 9.97. The number of nitrogens with zero attached hydrogens (tertiary/aromatic N) is 1. The van der Waals surface area contributed by atoms with Gasteiger partial charge in [0.2, 0.25) is 0 Å². The Bertz CT molecular complexity index is 405. The number of hydrogen-bond acceptors (Lipinski definition) is 3.